The molecule has 0 spiro atoms. The van der Waals surface area contributed by atoms with Gasteiger partial charge in [0, 0.05) is 5.69 Å². The first-order valence-corrected chi connectivity index (χ1v) is 7.26. The molecule has 3 rings (SSSR count). The molecule has 4 heteroatoms. The number of carbonyl (C=O) groups is 1. The molecule has 2 aliphatic rings. The van der Waals surface area contributed by atoms with Crippen LogP contribution in [0.1, 0.15) is 55.4 Å². The van der Waals surface area contributed by atoms with E-state index in [9.17, 15) is 4.79 Å². The van der Waals surface area contributed by atoms with Crippen LogP contribution in [-0.4, -0.2) is 15.9 Å². The minimum Gasteiger partial charge on any atom is -0.346 e. The smallest absolute Gasteiger partial charge is 0.244 e. The Labute approximate surface area is 113 Å². The van der Waals surface area contributed by atoms with Crippen molar-refractivity contribution in [2.45, 2.75) is 51.5 Å². The summed E-state index contributed by atoms with van der Waals surface area (Å²) in [4.78, 5) is 19.7. The summed E-state index contributed by atoms with van der Waals surface area (Å²) in [5, 5.41) is 3.08. The third-order valence-electron chi connectivity index (χ3n) is 4.16. The zero-order valence-corrected chi connectivity index (χ0v) is 11.4. The van der Waals surface area contributed by atoms with E-state index < -0.39 is 0 Å². The number of allylic oxidation sites excluding steroid dienone is 1. The number of fused-ring (bicyclic) bond motifs is 1. The fourth-order valence-corrected chi connectivity index (χ4v) is 2.87. The molecule has 1 unspecified atom stereocenters. The van der Waals surface area contributed by atoms with E-state index >= 15 is 0 Å². The van der Waals surface area contributed by atoms with Crippen LogP contribution in [0.2, 0.25) is 0 Å². The molecule has 0 saturated heterocycles. The Morgan fingerprint density at radius 1 is 1.37 bits per heavy atom. The maximum Gasteiger partial charge on any atom is 0.244 e. The van der Waals surface area contributed by atoms with Crippen LogP contribution < -0.4 is 5.32 Å². The van der Waals surface area contributed by atoms with E-state index in [4.69, 9.17) is 0 Å². The van der Waals surface area contributed by atoms with Crippen LogP contribution in [0, 0.1) is 12.8 Å². The number of amides is 1. The monoisotopic (exact) mass is 259 g/mol. The lowest BCUT2D eigenvalue weighted by Crippen LogP contribution is -2.30. The summed E-state index contributed by atoms with van der Waals surface area (Å²) in [7, 11) is 0. The Bertz CT molecular complexity index is 499. The molecule has 2 aliphatic carbocycles. The largest absolute Gasteiger partial charge is 0.346 e. The molecule has 1 atom stereocenters. The van der Waals surface area contributed by atoms with Gasteiger partial charge in [0.25, 0.3) is 0 Å². The van der Waals surface area contributed by atoms with Crippen LogP contribution in [0.15, 0.2) is 12.2 Å². The van der Waals surface area contributed by atoms with Crippen molar-refractivity contribution >= 4 is 5.91 Å². The van der Waals surface area contributed by atoms with E-state index in [1.165, 1.54) is 25.0 Å². The number of imidazole rings is 1. The lowest BCUT2D eigenvalue weighted by Gasteiger charge is -2.23. The van der Waals surface area contributed by atoms with Gasteiger partial charge in [-0.1, -0.05) is 12.5 Å². The molecule has 2 N–H and O–H groups in total. The molecule has 1 fully saturated rings. The summed E-state index contributed by atoms with van der Waals surface area (Å²) in [6.45, 7) is 1.97. The Morgan fingerprint density at radius 3 is 2.95 bits per heavy atom. The van der Waals surface area contributed by atoms with Crippen LogP contribution in [0.4, 0.5) is 0 Å². The van der Waals surface area contributed by atoms with Crippen molar-refractivity contribution < 1.29 is 4.79 Å². The molecule has 102 valence electrons. The van der Waals surface area contributed by atoms with Gasteiger partial charge in [0.05, 0.1) is 11.7 Å². The second kappa shape index (κ2) is 5.19. The fourth-order valence-electron chi connectivity index (χ4n) is 2.87. The highest BCUT2D eigenvalue weighted by atomic mass is 16.1. The number of aryl methyl sites for hydroxylation is 2. The normalized spacial score (nSPS) is 23.1. The average molecular weight is 259 g/mol. The summed E-state index contributed by atoms with van der Waals surface area (Å²) in [6, 6.07) is 0.0761. The number of nitrogens with zero attached hydrogens (tertiary/aromatic N) is 1. The quantitative estimate of drug-likeness (QED) is 0.820. The minimum absolute atomic E-state index is 0.0189. The van der Waals surface area contributed by atoms with E-state index in [0.29, 0.717) is 5.92 Å². The van der Waals surface area contributed by atoms with E-state index in [-0.39, 0.29) is 11.9 Å². The standard InChI is InChI=1S/C15H21N3O/c1-10-16-12-6-3-7-13(15(12)17-10)18-14(19)9-8-11-4-2-5-11/h8-9,11,13H,2-7H2,1H3,(H,16,17)(H,18,19)/b9-8+. The van der Waals surface area contributed by atoms with E-state index in [0.717, 1.165) is 30.8 Å². The van der Waals surface area contributed by atoms with Crippen LogP contribution in [0.3, 0.4) is 0 Å². The van der Waals surface area contributed by atoms with Crippen molar-refractivity contribution in [2.75, 3.05) is 0 Å². The summed E-state index contributed by atoms with van der Waals surface area (Å²) < 4.78 is 0. The maximum atomic E-state index is 11.9. The van der Waals surface area contributed by atoms with Gasteiger partial charge in [-0.05, 0) is 51.0 Å². The number of carbonyl (C=O) groups excluding carboxylic acids is 1. The molecule has 1 amide bonds. The van der Waals surface area contributed by atoms with Gasteiger partial charge in [0.15, 0.2) is 0 Å². The lowest BCUT2D eigenvalue weighted by atomic mass is 9.85. The topological polar surface area (TPSA) is 57.8 Å². The van der Waals surface area contributed by atoms with Gasteiger partial charge < -0.3 is 10.3 Å². The number of nitrogens with one attached hydrogen (secondary N) is 2. The van der Waals surface area contributed by atoms with Crippen molar-refractivity contribution in [3.05, 3.63) is 29.4 Å². The molecular formula is C15H21N3O. The number of aromatic nitrogens is 2. The number of hydrogen-bond donors (Lipinski definition) is 2. The second-order valence-electron chi connectivity index (χ2n) is 5.69. The van der Waals surface area contributed by atoms with Crippen molar-refractivity contribution in [3.63, 3.8) is 0 Å². The van der Waals surface area contributed by atoms with Gasteiger partial charge in [-0.3, -0.25) is 4.79 Å². The number of H-pyrrole nitrogens is 1. The van der Waals surface area contributed by atoms with Gasteiger partial charge in [-0.15, -0.1) is 0 Å². The van der Waals surface area contributed by atoms with Crippen LogP contribution in [0.25, 0.3) is 0 Å². The fraction of sp³-hybridized carbons (Fsp3) is 0.600. The first-order valence-electron chi connectivity index (χ1n) is 7.26. The van der Waals surface area contributed by atoms with Gasteiger partial charge in [-0.2, -0.15) is 0 Å². The van der Waals surface area contributed by atoms with Gasteiger partial charge in [0.1, 0.15) is 5.82 Å². The molecule has 19 heavy (non-hydrogen) atoms. The number of aromatic amines is 1. The van der Waals surface area contributed by atoms with Crippen molar-refractivity contribution in [3.8, 4) is 0 Å². The molecule has 1 aromatic rings. The number of hydrogen-bond acceptors (Lipinski definition) is 2. The highest BCUT2D eigenvalue weighted by Gasteiger charge is 2.24. The van der Waals surface area contributed by atoms with Crippen LogP contribution in [-0.2, 0) is 11.2 Å². The molecular weight excluding hydrogens is 238 g/mol. The molecule has 1 saturated carbocycles. The summed E-state index contributed by atoms with van der Waals surface area (Å²) in [5.74, 6) is 1.59. The summed E-state index contributed by atoms with van der Waals surface area (Å²) in [5.41, 5.74) is 2.23. The Balaban J connectivity index is 1.63. The predicted octanol–water partition coefficient (Wildman–Crippen LogP) is 2.57. The molecule has 0 aliphatic heterocycles. The van der Waals surface area contributed by atoms with Gasteiger partial charge >= 0.3 is 0 Å². The summed E-state index contributed by atoms with van der Waals surface area (Å²) in [6.07, 6.45) is 10.7. The third kappa shape index (κ3) is 2.72. The minimum atomic E-state index is 0.0189. The highest BCUT2D eigenvalue weighted by Crippen LogP contribution is 2.29. The maximum absolute atomic E-state index is 11.9. The molecule has 0 radical (unpaired) electrons. The van der Waals surface area contributed by atoms with Crippen LogP contribution in [0.5, 0.6) is 0 Å². The van der Waals surface area contributed by atoms with E-state index in [2.05, 4.69) is 21.4 Å². The molecule has 1 aromatic heterocycles. The SMILES string of the molecule is Cc1nc2c([nH]1)CCCC2NC(=O)/C=C/C1CCC1. The molecule has 1 heterocycles. The second-order valence-corrected chi connectivity index (χ2v) is 5.69. The summed E-state index contributed by atoms with van der Waals surface area (Å²) >= 11 is 0. The van der Waals surface area contributed by atoms with Crippen molar-refractivity contribution in [1.82, 2.24) is 15.3 Å². The van der Waals surface area contributed by atoms with Crippen LogP contribution >= 0.6 is 0 Å². The molecule has 4 nitrogen and oxygen atoms in total. The van der Waals surface area contributed by atoms with Gasteiger partial charge in [0.2, 0.25) is 5.91 Å². The van der Waals surface area contributed by atoms with Crippen molar-refractivity contribution in [1.29, 1.82) is 0 Å². The average Bonchev–Trinajstić information content (AvgIpc) is 2.68. The van der Waals surface area contributed by atoms with E-state index in [1.807, 2.05) is 6.92 Å². The molecule has 0 bridgehead atoms. The predicted molar refractivity (Wildman–Crippen MR) is 73.6 cm³/mol. The van der Waals surface area contributed by atoms with Crippen molar-refractivity contribution in [2.24, 2.45) is 5.92 Å². The van der Waals surface area contributed by atoms with Gasteiger partial charge in [-0.25, -0.2) is 4.98 Å². The Hall–Kier alpha value is -1.58. The molecule has 0 aromatic carbocycles. The first-order chi connectivity index (χ1) is 9.22. The lowest BCUT2D eigenvalue weighted by molar-refractivity contribution is -0.117. The first kappa shape index (κ1) is 12.5. The zero-order valence-electron chi connectivity index (χ0n) is 11.4. The Morgan fingerprint density at radius 2 is 2.21 bits per heavy atom. The highest BCUT2D eigenvalue weighted by molar-refractivity contribution is 5.87. The Kier molecular flexibility index (Phi) is 3.40. The third-order valence-corrected chi connectivity index (χ3v) is 4.16. The van der Waals surface area contributed by atoms with E-state index in [1.54, 1.807) is 6.08 Å². The zero-order chi connectivity index (χ0) is 13.2. The number of rotatable bonds is 3.